The molecule has 0 saturated carbocycles. The molecule has 0 amide bonds. The molecule has 1 aromatic rings. The summed E-state index contributed by atoms with van der Waals surface area (Å²) in [4.78, 5) is 6.46. The Kier molecular flexibility index (Phi) is 3.66. The molecule has 0 aromatic carbocycles. The van der Waals surface area contributed by atoms with E-state index in [4.69, 9.17) is 11.6 Å². The number of nitrogens with zero attached hydrogens (tertiary/aromatic N) is 2. The zero-order valence-corrected chi connectivity index (χ0v) is 10.5. The fourth-order valence-electron chi connectivity index (χ4n) is 2.13. The van der Waals surface area contributed by atoms with Gasteiger partial charge in [-0.15, -0.1) is 0 Å². The molecule has 0 spiro atoms. The van der Waals surface area contributed by atoms with Crippen LogP contribution < -0.4 is 5.32 Å². The van der Waals surface area contributed by atoms with Gasteiger partial charge in [0.1, 0.15) is 0 Å². The largest absolute Gasteiger partial charge is 0.380 e. The van der Waals surface area contributed by atoms with E-state index in [1.165, 1.54) is 0 Å². The first kappa shape index (κ1) is 11.7. The molecule has 16 heavy (non-hydrogen) atoms. The topological polar surface area (TPSA) is 28.2 Å². The molecule has 88 valence electrons. The van der Waals surface area contributed by atoms with Gasteiger partial charge < -0.3 is 10.2 Å². The predicted octanol–water partition coefficient (Wildman–Crippen LogP) is 2.63. The minimum absolute atomic E-state index is 0.507. The van der Waals surface area contributed by atoms with E-state index < -0.39 is 0 Å². The molecule has 3 nitrogen and oxygen atoms in total. The number of pyridine rings is 1. The van der Waals surface area contributed by atoms with Crippen LogP contribution in [-0.2, 0) is 0 Å². The smallest absolute Gasteiger partial charge is 0.152 e. The van der Waals surface area contributed by atoms with Crippen LogP contribution in [-0.4, -0.2) is 35.6 Å². The number of hydrogen-bond acceptors (Lipinski definition) is 3. The Labute approximate surface area is 102 Å². The van der Waals surface area contributed by atoms with Gasteiger partial charge in [0, 0.05) is 24.8 Å². The van der Waals surface area contributed by atoms with Gasteiger partial charge in [-0.3, -0.25) is 0 Å². The van der Waals surface area contributed by atoms with Crippen molar-refractivity contribution < 1.29 is 0 Å². The Morgan fingerprint density at radius 1 is 1.56 bits per heavy atom. The number of hydrogen-bond donors (Lipinski definition) is 1. The summed E-state index contributed by atoms with van der Waals surface area (Å²) < 4.78 is 0. The van der Waals surface area contributed by atoms with Crippen LogP contribution in [0.1, 0.15) is 19.8 Å². The first-order valence-electron chi connectivity index (χ1n) is 5.74. The van der Waals surface area contributed by atoms with Crippen LogP contribution >= 0.6 is 11.6 Å². The molecule has 0 radical (unpaired) electrons. The van der Waals surface area contributed by atoms with Crippen molar-refractivity contribution in [2.75, 3.05) is 18.9 Å². The van der Waals surface area contributed by atoms with E-state index in [-0.39, 0.29) is 0 Å². The van der Waals surface area contributed by atoms with Crippen LogP contribution in [0.3, 0.4) is 0 Å². The lowest BCUT2D eigenvalue weighted by molar-refractivity contribution is 0.190. The van der Waals surface area contributed by atoms with E-state index in [0.717, 1.165) is 25.1 Å². The molecule has 1 aliphatic heterocycles. The van der Waals surface area contributed by atoms with Gasteiger partial charge in [-0.25, -0.2) is 4.98 Å². The summed E-state index contributed by atoms with van der Waals surface area (Å²) in [5.41, 5.74) is 0.950. The molecule has 4 heteroatoms. The van der Waals surface area contributed by atoms with Crippen molar-refractivity contribution in [3.05, 3.63) is 23.5 Å². The monoisotopic (exact) mass is 239 g/mol. The second-order valence-electron chi connectivity index (χ2n) is 4.54. The van der Waals surface area contributed by atoms with Crippen LogP contribution in [0.2, 0.25) is 5.15 Å². The highest BCUT2D eigenvalue weighted by molar-refractivity contribution is 6.31. The van der Waals surface area contributed by atoms with E-state index in [1.54, 1.807) is 6.20 Å². The van der Waals surface area contributed by atoms with Crippen molar-refractivity contribution in [2.24, 2.45) is 0 Å². The van der Waals surface area contributed by atoms with Crippen LogP contribution in [0.25, 0.3) is 0 Å². The first-order valence-corrected chi connectivity index (χ1v) is 6.12. The second kappa shape index (κ2) is 5.02. The third kappa shape index (κ3) is 2.66. The van der Waals surface area contributed by atoms with Crippen LogP contribution in [0.5, 0.6) is 0 Å². The Bertz CT molecular complexity index is 356. The number of nitrogens with one attached hydrogen (secondary N) is 1. The highest BCUT2D eigenvalue weighted by Gasteiger charge is 2.22. The van der Waals surface area contributed by atoms with Gasteiger partial charge in [-0.1, -0.05) is 11.6 Å². The fourth-order valence-corrected chi connectivity index (χ4v) is 2.31. The highest BCUT2D eigenvalue weighted by atomic mass is 35.5. The lowest BCUT2D eigenvalue weighted by atomic mass is 9.99. The third-order valence-electron chi connectivity index (χ3n) is 3.33. The fraction of sp³-hybridized carbons (Fsp3) is 0.583. The molecule has 1 fully saturated rings. The van der Waals surface area contributed by atoms with Crippen molar-refractivity contribution in [1.29, 1.82) is 0 Å². The Balaban J connectivity index is 1.98. The maximum Gasteiger partial charge on any atom is 0.152 e. The van der Waals surface area contributed by atoms with Crippen molar-refractivity contribution in [2.45, 2.75) is 31.8 Å². The van der Waals surface area contributed by atoms with E-state index in [9.17, 15) is 0 Å². The first-order chi connectivity index (χ1) is 7.66. The molecule has 2 atom stereocenters. The van der Waals surface area contributed by atoms with Crippen molar-refractivity contribution >= 4 is 17.3 Å². The normalized spacial score (nSPS) is 26.7. The minimum atomic E-state index is 0.507. The van der Waals surface area contributed by atoms with Crippen LogP contribution in [0.15, 0.2) is 18.3 Å². The van der Waals surface area contributed by atoms with Crippen molar-refractivity contribution in [3.8, 4) is 0 Å². The molecule has 2 rings (SSSR count). The summed E-state index contributed by atoms with van der Waals surface area (Å²) >= 11 is 6.02. The highest BCUT2D eigenvalue weighted by Crippen LogP contribution is 2.23. The molecule has 1 N–H and O–H groups in total. The quantitative estimate of drug-likeness (QED) is 0.805. The summed E-state index contributed by atoms with van der Waals surface area (Å²) in [7, 11) is 2.18. The average Bonchev–Trinajstić information content (AvgIpc) is 2.27. The average molecular weight is 240 g/mol. The number of likely N-dealkylation sites (tertiary alicyclic amines) is 1. The summed E-state index contributed by atoms with van der Waals surface area (Å²) in [5, 5.41) is 4.04. The standard InChI is InChI=1S/C12H18ClN3/c1-9-8-10(5-7-16(9)2)15-11-4-3-6-14-12(11)13/h3-4,6,9-10,15H,5,7-8H2,1-2H3. The van der Waals surface area contributed by atoms with Crippen LogP contribution in [0.4, 0.5) is 5.69 Å². The SMILES string of the molecule is CC1CC(Nc2cccnc2Cl)CCN1C. The zero-order valence-electron chi connectivity index (χ0n) is 9.78. The molecular weight excluding hydrogens is 222 g/mol. The van der Waals surface area contributed by atoms with Gasteiger partial charge in [-0.05, 0) is 38.9 Å². The molecule has 1 aromatic heterocycles. The lowest BCUT2D eigenvalue weighted by Crippen LogP contribution is -2.42. The van der Waals surface area contributed by atoms with Crippen molar-refractivity contribution in [1.82, 2.24) is 9.88 Å². The van der Waals surface area contributed by atoms with Crippen LogP contribution in [0, 0.1) is 0 Å². The van der Waals surface area contributed by atoms with Crippen molar-refractivity contribution in [3.63, 3.8) is 0 Å². The zero-order chi connectivity index (χ0) is 11.5. The summed E-state index contributed by atoms with van der Waals surface area (Å²) in [6.07, 6.45) is 4.03. The minimum Gasteiger partial charge on any atom is -0.380 e. The van der Waals surface area contributed by atoms with E-state index >= 15 is 0 Å². The number of aromatic nitrogens is 1. The van der Waals surface area contributed by atoms with E-state index in [1.807, 2.05) is 12.1 Å². The summed E-state index contributed by atoms with van der Waals surface area (Å²) in [5.74, 6) is 0. The Morgan fingerprint density at radius 3 is 3.06 bits per heavy atom. The molecular formula is C12H18ClN3. The lowest BCUT2D eigenvalue weighted by Gasteiger charge is -2.35. The van der Waals surface area contributed by atoms with Gasteiger partial charge in [-0.2, -0.15) is 0 Å². The number of rotatable bonds is 2. The number of piperidine rings is 1. The van der Waals surface area contributed by atoms with Gasteiger partial charge in [0.05, 0.1) is 5.69 Å². The maximum absolute atomic E-state index is 6.02. The van der Waals surface area contributed by atoms with Gasteiger partial charge in [0.2, 0.25) is 0 Å². The van der Waals surface area contributed by atoms with E-state index in [0.29, 0.717) is 17.2 Å². The number of anilines is 1. The Hall–Kier alpha value is -0.800. The van der Waals surface area contributed by atoms with E-state index in [2.05, 4.69) is 29.2 Å². The van der Waals surface area contributed by atoms with Gasteiger partial charge in [0.15, 0.2) is 5.15 Å². The predicted molar refractivity (Wildman–Crippen MR) is 68.0 cm³/mol. The van der Waals surface area contributed by atoms with Gasteiger partial charge >= 0.3 is 0 Å². The molecule has 2 heterocycles. The Morgan fingerprint density at radius 2 is 2.38 bits per heavy atom. The molecule has 1 saturated heterocycles. The summed E-state index contributed by atoms with van der Waals surface area (Å²) in [6, 6.07) is 5.03. The molecule has 2 unspecified atom stereocenters. The third-order valence-corrected chi connectivity index (χ3v) is 3.63. The number of halogens is 1. The molecule has 1 aliphatic rings. The molecule has 0 bridgehead atoms. The molecule has 0 aliphatic carbocycles. The summed E-state index contributed by atoms with van der Waals surface area (Å²) in [6.45, 7) is 3.40. The van der Waals surface area contributed by atoms with Gasteiger partial charge in [0.25, 0.3) is 0 Å². The maximum atomic E-state index is 6.02. The second-order valence-corrected chi connectivity index (χ2v) is 4.90.